The van der Waals surface area contributed by atoms with E-state index in [1.807, 2.05) is 23.5 Å². The number of benzene rings is 1. The molecular formula is C14H20N2O3S3. The number of nitrogens with one attached hydrogen (secondary N) is 1. The number of sulfonamides is 1. The van der Waals surface area contributed by atoms with Crippen LogP contribution < -0.4 is 5.32 Å². The van der Waals surface area contributed by atoms with Crippen LogP contribution in [0.2, 0.25) is 0 Å². The highest BCUT2D eigenvalue weighted by atomic mass is 32.2. The summed E-state index contributed by atoms with van der Waals surface area (Å²) >= 11 is 3.80. The van der Waals surface area contributed by atoms with Crippen LogP contribution in [-0.2, 0) is 10.0 Å². The standard InChI is InChI=1S/C14H20N2O3S3/c1-16(2)22(18,19)13-5-3-11(4-6-13)14(17)15-9-12-10-20-7-8-21-12/h3-6,12H,7-10H2,1-2H3,(H,15,17)/t12-/m0/s1. The third-order valence-electron chi connectivity index (χ3n) is 3.27. The van der Waals surface area contributed by atoms with Gasteiger partial charge in [0.25, 0.3) is 5.91 Å². The van der Waals surface area contributed by atoms with E-state index in [1.54, 1.807) is 12.1 Å². The van der Waals surface area contributed by atoms with Gasteiger partial charge in [0.1, 0.15) is 0 Å². The molecule has 0 bridgehead atoms. The smallest absolute Gasteiger partial charge is 0.251 e. The van der Waals surface area contributed by atoms with E-state index in [-0.39, 0.29) is 10.8 Å². The van der Waals surface area contributed by atoms with E-state index in [4.69, 9.17) is 0 Å². The molecule has 0 aliphatic carbocycles. The summed E-state index contributed by atoms with van der Waals surface area (Å²) in [7, 11) is -0.489. The molecule has 1 amide bonds. The van der Waals surface area contributed by atoms with Gasteiger partial charge in [0.15, 0.2) is 0 Å². The van der Waals surface area contributed by atoms with Crippen LogP contribution in [0.1, 0.15) is 10.4 Å². The topological polar surface area (TPSA) is 66.5 Å². The zero-order valence-electron chi connectivity index (χ0n) is 12.6. The maximum Gasteiger partial charge on any atom is 0.251 e. The summed E-state index contributed by atoms with van der Waals surface area (Å²) < 4.78 is 25.1. The molecule has 1 aliphatic heterocycles. The number of nitrogens with zero attached hydrogens (tertiary/aromatic N) is 1. The van der Waals surface area contributed by atoms with E-state index >= 15 is 0 Å². The molecule has 0 aromatic heterocycles. The Hall–Kier alpha value is -0.700. The second kappa shape index (κ2) is 7.72. The first-order valence-corrected chi connectivity index (χ1v) is 10.6. The molecule has 5 nitrogen and oxygen atoms in total. The fourth-order valence-electron chi connectivity index (χ4n) is 1.95. The monoisotopic (exact) mass is 360 g/mol. The predicted molar refractivity (Wildman–Crippen MR) is 93.2 cm³/mol. The van der Waals surface area contributed by atoms with E-state index in [2.05, 4.69) is 5.32 Å². The van der Waals surface area contributed by atoms with Gasteiger partial charge in [-0.05, 0) is 24.3 Å². The molecule has 0 spiro atoms. The normalized spacial score (nSPS) is 19.1. The first-order chi connectivity index (χ1) is 10.4. The number of carbonyl (C=O) groups is 1. The first-order valence-electron chi connectivity index (χ1n) is 6.91. The number of amides is 1. The van der Waals surface area contributed by atoms with Crippen molar-refractivity contribution in [2.24, 2.45) is 0 Å². The molecule has 1 fully saturated rings. The van der Waals surface area contributed by atoms with E-state index in [9.17, 15) is 13.2 Å². The largest absolute Gasteiger partial charge is 0.351 e. The molecule has 0 radical (unpaired) electrons. The van der Waals surface area contributed by atoms with Gasteiger partial charge in [-0.3, -0.25) is 4.79 Å². The molecule has 1 saturated heterocycles. The first kappa shape index (κ1) is 17.7. The summed E-state index contributed by atoms with van der Waals surface area (Å²) in [6, 6.07) is 6.04. The van der Waals surface area contributed by atoms with Crippen molar-refractivity contribution in [2.75, 3.05) is 37.9 Å². The zero-order valence-corrected chi connectivity index (χ0v) is 15.1. The second-order valence-corrected chi connectivity index (χ2v) is 9.80. The molecular weight excluding hydrogens is 340 g/mol. The van der Waals surface area contributed by atoms with Crippen LogP contribution >= 0.6 is 23.5 Å². The Morgan fingerprint density at radius 1 is 1.27 bits per heavy atom. The second-order valence-electron chi connectivity index (χ2n) is 5.09. The van der Waals surface area contributed by atoms with Crippen molar-refractivity contribution in [1.82, 2.24) is 9.62 Å². The van der Waals surface area contributed by atoms with E-state index < -0.39 is 10.0 Å². The lowest BCUT2D eigenvalue weighted by Gasteiger charge is -2.21. The fraction of sp³-hybridized carbons (Fsp3) is 0.500. The van der Waals surface area contributed by atoms with Gasteiger partial charge in [-0.25, -0.2) is 12.7 Å². The van der Waals surface area contributed by atoms with Crippen molar-refractivity contribution in [3.05, 3.63) is 29.8 Å². The molecule has 1 N–H and O–H groups in total. The fourth-order valence-corrected chi connectivity index (χ4v) is 5.47. The van der Waals surface area contributed by atoms with Crippen molar-refractivity contribution in [3.63, 3.8) is 0 Å². The average molecular weight is 361 g/mol. The molecule has 1 aromatic carbocycles. The number of hydrogen-bond donors (Lipinski definition) is 1. The Kier molecular flexibility index (Phi) is 6.19. The summed E-state index contributed by atoms with van der Waals surface area (Å²) in [6.07, 6.45) is 0. The summed E-state index contributed by atoms with van der Waals surface area (Å²) in [4.78, 5) is 12.3. The van der Waals surface area contributed by atoms with Crippen LogP contribution in [0.3, 0.4) is 0 Å². The quantitative estimate of drug-likeness (QED) is 0.862. The third-order valence-corrected chi connectivity index (χ3v) is 7.94. The van der Waals surface area contributed by atoms with Gasteiger partial charge in [-0.1, -0.05) is 0 Å². The molecule has 2 rings (SSSR count). The molecule has 1 aromatic rings. The van der Waals surface area contributed by atoms with Crippen LogP contribution in [-0.4, -0.2) is 61.8 Å². The molecule has 22 heavy (non-hydrogen) atoms. The SMILES string of the molecule is CN(C)S(=O)(=O)c1ccc(C(=O)NC[C@H]2CSCCS2)cc1. The number of carbonyl (C=O) groups excluding carboxylic acids is 1. The van der Waals surface area contributed by atoms with Crippen LogP contribution in [0, 0.1) is 0 Å². The molecule has 8 heteroatoms. The third kappa shape index (κ3) is 4.41. The van der Waals surface area contributed by atoms with Gasteiger partial charge in [0.2, 0.25) is 10.0 Å². The maximum atomic E-state index is 12.1. The van der Waals surface area contributed by atoms with Crippen LogP contribution in [0.4, 0.5) is 0 Å². The van der Waals surface area contributed by atoms with Crippen molar-refractivity contribution in [3.8, 4) is 0 Å². The Balaban J connectivity index is 1.96. The Morgan fingerprint density at radius 3 is 2.50 bits per heavy atom. The van der Waals surface area contributed by atoms with Gasteiger partial charge in [-0.2, -0.15) is 23.5 Å². The lowest BCUT2D eigenvalue weighted by Crippen LogP contribution is -2.33. The van der Waals surface area contributed by atoms with Crippen molar-refractivity contribution < 1.29 is 13.2 Å². The minimum Gasteiger partial charge on any atom is -0.351 e. The predicted octanol–water partition coefficient (Wildman–Crippen LogP) is 1.52. The minimum absolute atomic E-state index is 0.162. The molecule has 0 unspecified atom stereocenters. The highest BCUT2D eigenvalue weighted by molar-refractivity contribution is 8.06. The Bertz CT molecular complexity index is 609. The van der Waals surface area contributed by atoms with Gasteiger partial charge >= 0.3 is 0 Å². The van der Waals surface area contributed by atoms with Crippen molar-refractivity contribution in [2.45, 2.75) is 10.1 Å². The van der Waals surface area contributed by atoms with Gasteiger partial charge < -0.3 is 5.32 Å². The summed E-state index contributed by atoms with van der Waals surface area (Å²) in [5.41, 5.74) is 0.478. The highest BCUT2D eigenvalue weighted by Gasteiger charge is 2.18. The number of hydrogen-bond acceptors (Lipinski definition) is 5. The van der Waals surface area contributed by atoms with Crippen LogP contribution in [0.25, 0.3) is 0 Å². The van der Waals surface area contributed by atoms with Crippen LogP contribution in [0.5, 0.6) is 0 Å². The molecule has 1 aliphatic rings. The van der Waals surface area contributed by atoms with Crippen LogP contribution in [0.15, 0.2) is 29.2 Å². The average Bonchev–Trinajstić information content (AvgIpc) is 2.53. The van der Waals surface area contributed by atoms with Gasteiger partial charge in [0, 0.05) is 48.7 Å². The summed E-state index contributed by atoms with van der Waals surface area (Å²) in [5, 5.41) is 3.37. The lowest BCUT2D eigenvalue weighted by atomic mass is 10.2. The lowest BCUT2D eigenvalue weighted by molar-refractivity contribution is 0.0954. The molecule has 122 valence electrons. The van der Waals surface area contributed by atoms with Gasteiger partial charge in [-0.15, -0.1) is 0 Å². The van der Waals surface area contributed by atoms with Crippen molar-refractivity contribution in [1.29, 1.82) is 0 Å². The van der Waals surface area contributed by atoms with E-state index in [0.29, 0.717) is 17.4 Å². The van der Waals surface area contributed by atoms with E-state index in [0.717, 1.165) is 15.8 Å². The minimum atomic E-state index is -3.45. The van der Waals surface area contributed by atoms with Gasteiger partial charge in [0.05, 0.1) is 4.90 Å². The number of rotatable bonds is 5. The maximum absolute atomic E-state index is 12.1. The van der Waals surface area contributed by atoms with E-state index in [1.165, 1.54) is 32.0 Å². The summed E-state index contributed by atoms with van der Waals surface area (Å²) in [5.74, 6) is 3.20. The number of thioether (sulfide) groups is 2. The van der Waals surface area contributed by atoms with Crippen molar-refractivity contribution >= 4 is 39.5 Å². The summed E-state index contributed by atoms with van der Waals surface area (Å²) in [6.45, 7) is 0.647. The molecule has 1 atom stereocenters. The zero-order chi connectivity index (χ0) is 16.2. The highest BCUT2D eigenvalue weighted by Crippen LogP contribution is 2.23. The Morgan fingerprint density at radius 2 is 1.95 bits per heavy atom. The Labute approximate surface area is 140 Å². The molecule has 0 saturated carbocycles. The molecule has 1 heterocycles.